The van der Waals surface area contributed by atoms with Gasteiger partial charge in [0.2, 0.25) is 15.9 Å². The van der Waals surface area contributed by atoms with Crippen LogP contribution in [0.5, 0.6) is 0 Å². The fourth-order valence-corrected chi connectivity index (χ4v) is 7.29. The van der Waals surface area contributed by atoms with Gasteiger partial charge in [-0.15, -0.1) is 0 Å². The Labute approximate surface area is 261 Å². The summed E-state index contributed by atoms with van der Waals surface area (Å²) in [4.78, 5) is 24.3. The monoisotopic (exact) mass is 644 g/mol. The lowest BCUT2D eigenvalue weighted by Crippen LogP contribution is -2.51. The first-order chi connectivity index (χ1) is 21.5. The molecule has 5 rings (SSSR count). The smallest absolute Gasteiger partial charge is 0.407 e. The van der Waals surface area contributed by atoms with Crippen LogP contribution in [0.25, 0.3) is 10.9 Å². The average molecular weight is 645 g/mol. The predicted octanol–water partition coefficient (Wildman–Crippen LogP) is 1.57. The zero-order valence-corrected chi connectivity index (χ0v) is 26.0. The maximum Gasteiger partial charge on any atom is 0.407 e. The number of aromatic nitrogens is 2. The molecule has 0 saturated carbocycles. The molecule has 2 saturated heterocycles. The number of hydrogen-bond acceptors (Lipinski definition) is 10. The highest BCUT2D eigenvalue weighted by molar-refractivity contribution is 7.89. The second-order valence-electron chi connectivity index (χ2n) is 11.8. The van der Waals surface area contributed by atoms with Gasteiger partial charge in [0.1, 0.15) is 6.10 Å². The molecule has 0 radical (unpaired) electrons. The van der Waals surface area contributed by atoms with Crippen molar-refractivity contribution in [2.24, 2.45) is 17.6 Å². The number of amides is 2. The molecule has 14 nitrogen and oxygen atoms in total. The van der Waals surface area contributed by atoms with Crippen LogP contribution in [0, 0.1) is 11.8 Å². The first-order valence-electron chi connectivity index (χ1n) is 14.9. The van der Waals surface area contributed by atoms with Gasteiger partial charge in [0.25, 0.3) is 0 Å². The summed E-state index contributed by atoms with van der Waals surface area (Å²) in [6.07, 6.45) is -1.94. The van der Waals surface area contributed by atoms with E-state index in [9.17, 15) is 23.1 Å². The third kappa shape index (κ3) is 7.91. The first kappa shape index (κ1) is 32.6. The quantitative estimate of drug-likeness (QED) is 0.172. The molecule has 2 fully saturated rings. The van der Waals surface area contributed by atoms with Crippen molar-refractivity contribution in [3.05, 3.63) is 54.1 Å². The molecule has 6 N–H and O–H groups in total. The number of nitrogens with two attached hydrogens (primary N) is 1. The number of aliphatic hydroxyl groups excluding tert-OH is 1. The largest absolute Gasteiger partial charge is 0.443 e. The van der Waals surface area contributed by atoms with Crippen LogP contribution >= 0.6 is 0 Å². The zero-order valence-electron chi connectivity index (χ0n) is 25.2. The van der Waals surface area contributed by atoms with Crippen LogP contribution in [0.15, 0.2) is 53.4 Å². The van der Waals surface area contributed by atoms with Crippen molar-refractivity contribution in [2.45, 2.75) is 56.1 Å². The van der Waals surface area contributed by atoms with E-state index in [4.69, 9.17) is 19.9 Å². The molecule has 45 heavy (non-hydrogen) atoms. The Morgan fingerprint density at radius 1 is 1.18 bits per heavy atom. The van der Waals surface area contributed by atoms with Crippen LogP contribution in [0.4, 0.5) is 10.6 Å². The number of hydrogen-bond donors (Lipinski definition) is 5. The molecule has 2 aliphatic rings. The van der Waals surface area contributed by atoms with Gasteiger partial charge in [-0.25, -0.2) is 13.2 Å². The first-order valence-corrected chi connectivity index (χ1v) is 16.4. The Morgan fingerprint density at radius 2 is 1.96 bits per heavy atom. The second kappa shape index (κ2) is 14.1. The van der Waals surface area contributed by atoms with Gasteiger partial charge in [-0.3, -0.25) is 9.89 Å². The summed E-state index contributed by atoms with van der Waals surface area (Å²) in [5, 5.41) is 24.5. The molecule has 3 aromatic rings. The van der Waals surface area contributed by atoms with Gasteiger partial charge < -0.3 is 35.7 Å². The number of aliphatic hydroxyl groups is 1. The minimum absolute atomic E-state index is 0.0204. The summed E-state index contributed by atoms with van der Waals surface area (Å²) in [5.41, 5.74) is 6.64. The number of alkyl carbamates (subject to hydrolysis) is 1. The minimum atomic E-state index is -4.13. The highest BCUT2D eigenvalue weighted by Gasteiger charge is 2.44. The van der Waals surface area contributed by atoms with Crippen molar-refractivity contribution >= 4 is 38.7 Å². The molecular formula is C30H40N6O8S. The number of nitrogens with zero attached hydrogens (tertiary/aromatic N) is 2. The summed E-state index contributed by atoms with van der Waals surface area (Å²) in [5.74, 6) is -0.446. The van der Waals surface area contributed by atoms with Gasteiger partial charge in [-0.1, -0.05) is 44.2 Å². The number of sulfonamides is 1. The fraction of sp³-hybridized carbons (Fsp3) is 0.500. The number of ether oxygens (including phenoxy) is 3. The van der Waals surface area contributed by atoms with Gasteiger partial charge in [-0.2, -0.15) is 9.40 Å². The van der Waals surface area contributed by atoms with Gasteiger partial charge in [0.05, 0.1) is 48.2 Å². The summed E-state index contributed by atoms with van der Waals surface area (Å²) in [6, 6.07) is 12.9. The van der Waals surface area contributed by atoms with Crippen molar-refractivity contribution in [3.63, 3.8) is 0 Å². The number of primary amides is 1. The lowest BCUT2D eigenvalue weighted by molar-refractivity contribution is -0.116. The number of rotatable bonds is 14. The van der Waals surface area contributed by atoms with E-state index < -0.39 is 40.3 Å². The number of nitrogens with one attached hydrogen (secondary N) is 3. The molecule has 2 amide bonds. The van der Waals surface area contributed by atoms with E-state index in [-0.39, 0.29) is 61.5 Å². The predicted molar refractivity (Wildman–Crippen MR) is 165 cm³/mol. The molecule has 5 atom stereocenters. The summed E-state index contributed by atoms with van der Waals surface area (Å²) in [7, 11) is -4.13. The van der Waals surface area contributed by atoms with Crippen molar-refractivity contribution in [1.82, 2.24) is 19.8 Å². The van der Waals surface area contributed by atoms with E-state index in [1.54, 1.807) is 6.07 Å². The van der Waals surface area contributed by atoms with Crippen molar-refractivity contribution < 1.29 is 37.3 Å². The third-order valence-electron chi connectivity index (χ3n) is 7.87. The van der Waals surface area contributed by atoms with Crippen molar-refractivity contribution in [3.8, 4) is 0 Å². The molecule has 2 aliphatic heterocycles. The number of H-pyrrole nitrogens is 1. The fourth-order valence-electron chi connectivity index (χ4n) is 5.64. The van der Waals surface area contributed by atoms with E-state index in [2.05, 4.69) is 20.8 Å². The average Bonchev–Trinajstić information content (AvgIpc) is 3.73. The van der Waals surface area contributed by atoms with Crippen molar-refractivity contribution in [2.75, 3.05) is 38.2 Å². The van der Waals surface area contributed by atoms with Crippen LogP contribution in [-0.4, -0.2) is 97.4 Å². The number of carbonyl (C=O) groups excluding carboxylic acids is 2. The summed E-state index contributed by atoms with van der Waals surface area (Å²) >= 11 is 0. The lowest BCUT2D eigenvalue weighted by atomic mass is 10.0. The molecule has 3 heterocycles. The molecular weight excluding hydrogens is 604 g/mol. The Kier molecular flexibility index (Phi) is 10.2. The van der Waals surface area contributed by atoms with Crippen LogP contribution < -0.4 is 16.4 Å². The van der Waals surface area contributed by atoms with Crippen molar-refractivity contribution in [1.29, 1.82) is 0 Å². The number of benzene rings is 2. The molecule has 1 unspecified atom stereocenters. The standard InChI is InChI=1S/C30H40N6O8S/c1-18(2)15-36(45(40,41)20-8-9-23-22(13-20)28(35-34-23)32-14-27(31)38)16-25(37)24(12-19-6-4-3-5-7-19)33-30(39)44-26-17-43-29-21(26)10-11-42-29/h3-9,13,18,21,24-26,29,37H,10-12,14-17H2,1-2H3,(H2,31,38)(H,33,39)(H2,32,34,35)/t21-,24-,25+,26?,29+/m0/s1. The highest BCUT2D eigenvalue weighted by atomic mass is 32.2. The zero-order chi connectivity index (χ0) is 32.1. The van der Waals surface area contributed by atoms with E-state index in [1.807, 2.05) is 44.2 Å². The van der Waals surface area contributed by atoms with Gasteiger partial charge in [0.15, 0.2) is 12.1 Å². The van der Waals surface area contributed by atoms with Crippen LogP contribution in [0.3, 0.4) is 0 Å². The van der Waals surface area contributed by atoms with Crippen LogP contribution in [0.2, 0.25) is 0 Å². The molecule has 0 bridgehead atoms. The molecule has 2 aromatic carbocycles. The minimum Gasteiger partial charge on any atom is -0.443 e. The molecule has 15 heteroatoms. The topological polar surface area (TPSA) is 198 Å². The normalized spacial score (nSPS) is 21.1. The molecule has 244 valence electrons. The molecule has 0 spiro atoms. The Bertz CT molecular complexity index is 1580. The molecule has 0 aliphatic carbocycles. The maximum atomic E-state index is 14.0. The SMILES string of the molecule is CC(C)CN(C[C@@H](O)[C@H](Cc1ccccc1)NC(=O)OC1CO[C@H]2OCC[C@@H]12)S(=O)(=O)c1ccc2[nH]nc(NCC(N)=O)c2c1. The maximum absolute atomic E-state index is 14.0. The van der Waals surface area contributed by atoms with E-state index in [0.29, 0.717) is 23.9 Å². The van der Waals surface area contributed by atoms with Crippen LogP contribution in [0.1, 0.15) is 25.8 Å². The van der Waals surface area contributed by atoms with E-state index in [0.717, 1.165) is 5.56 Å². The Balaban J connectivity index is 1.36. The number of carbonyl (C=O) groups is 2. The second-order valence-corrected chi connectivity index (χ2v) is 13.7. The van der Waals surface area contributed by atoms with Crippen LogP contribution in [-0.2, 0) is 35.4 Å². The third-order valence-corrected chi connectivity index (χ3v) is 9.70. The van der Waals surface area contributed by atoms with E-state index >= 15 is 0 Å². The summed E-state index contributed by atoms with van der Waals surface area (Å²) in [6.45, 7) is 4.15. The Morgan fingerprint density at radius 3 is 2.69 bits per heavy atom. The van der Waals surface area contributed by atoms with E-state index in [1.165, 1.54) is 16.4 Å². The number of aromatic amines is 1. The number of anilines is 1. The Hall–Kier alpha value is -3.76. The van der Waals surface area contributed by atoms with Gasteiger partial charge in [-0.05, 0) is 42.5 Å². The van der Waals surface area contributed by atoms with Gasteiger partial charge in [0, 0.05) is 18.5 Å². The molecule has 1 aromatic heterocycles. The lowest BCUT2D eigenvalue weighted by Gasteiger charge is -2.31. The summed E-state index contributed by atoms with van der Waals surface area (Å²) < 4.78 is 46.1. The highest BCUT2D eigenvalue weighted by Crippen LogP contribution is 2.33. The van der Waals surface area contributed by atoms with Gasteiger partial charge >= 0.3 is 6.09 Å². The number of fused-ring (bicyclic) bond motifs is 2.